The summed E-state index contributed by atoms with van der Waals surface area (Å²) in [6.07, 6.45) is 6.74. The van der Waals surface area contributed by atoms with Gasteiger partial charge in [-0.1, -0.05) is 34.8 Å². The molecule has 1 aromatic carbocycles. The molecule has 7 heteroatoms. The molecule has 2 fully saturated rings. The molecule has 29 heavy (non-hydrogen) atoms. The Balaban J connectivity index is 1.53. The molecule has 1 atom stereocenters. The van der Waals surface area contributed by atoms with E-state index in [1.54, 1.807) is 7.05 Å². The third kappa shape index (κ3) is 2.71. The quantitative estimate of drug-likeness (QED) is 0.753. The fraction of sp³-hybridized carbons (Fsp3) is 0.455. The van der Waals surface area contributed by atoms with Crippen molar-refractivity contribution in [1.82, 2.24) is 14.4 Å². The minimum absolute atomic E-state index is 0.208. The molecule has 150 valence electrons. The topological polar surface area (TPSA) is 61.8 Å². The fourth-order valence-electron chi connectivity index (χ4n) is 4.95. The van der Waals surface area contributed by atoms with Gasteiger partial charge in [0.1, 0.15) is 11.9 Å². The number of carbonyl (C=O) groups excluding carboxylic acids is 2. The van der Waals surface area contributed by atoms with Crippen molar-refractivity contribution < 1.29 is 14.2 Å². The molecule has 2 aliphatic heterocycles. The monoisotopic (exact) mass is 392 g/mol. The molecule has 0 spiro atoms. The van der Waals surface area contributed by atoms with Gasteiger partial charge in [-0.05, 0) is 45.1 Å². The molecule has 2 aromatic rings. The molecule has 1 aromatic heterocycles. The number of imide groups is 1. The average Bonchev–Trinajstić information content (AvgIpc) is 3.39. The van der Waals surface area contributed by atoms with Crippen LogP contribution in [0.4, 0.5) is 10.7 Å². The normalized spacial score (nSPS) is 21.6. The van der Waals surface area contributed by atoms with Crippen LogP contribution in [-0.4, -0.2) is 39.2 Å². The highest BCUT2D eigenvalue weighted by Crippen LogP contribution is 2.37. The second-order valence-corrected chi connectivity index (χ2v) is 8.41. The van der Waals surface area contributed by atoms with Crippen LogP contribution in [0.1, 0.15) is 54.6 Å². The highest BCUT2D eigenvalue weighted by molar-refractivity contribution is 6.19. The zero-order chi connectivity index (χ0) is 20.3. The summed E-state index contributed by atoms with van der Waals surface area (Å²) in [6, 6.07) is 7.46. The third-order valence-electron chi connectivity index (χ3n) is 6.36. The number of fused-ring (bicyclic) bond motifs is 3. The van der Waals surface area contributed by atoms with Crippen molar-refractivity contribution in [3.63, 3.8) is 0 Å². The van der Waals surface area contributed by atoms with Crippen molar-refractivity contribution in [3.05, 3.63) is 47.3 Å². The molecule has 3 aliphatic rings. The molecular weight excluding hydrogens is 366 g/mol. The van der Waals surface area contributed by atoms with E-state index in [9.17, 15) is 9.59 Å². The average molecular weight is 392 g/mol. The smallest absolute Gasteiger partial charge is 0.270 e. The Bertz CT molecular complexity index is 1050. The van der Waals surface area contributed by atoms with Gasteiger partial charge in [-0.15, -0.1) is 0 Å². The lowest BCUT2D eigenvalue weighted by Gasteiger charge is -2.33. The van der Waals surface area contributed by atoms with E-state index in [1.165, 1.54) is 22.6 Å². The number of amidine groups is 1. The zero-order valence-corrected chi connectivity index (χ0v) is 17.1. The molecule has 0 N–H and O–H groups in total. The molecule has 0 bridgehead atoms. The predicted octanol–water partition coefficient (Wildman–Crippen LogP) is 3.19. The van der Waals surface area contributed by atoms with Crippen LogP contribution in [0.15, 0.2) is 35.5 Å². The molecule has 1 saturated heterocycles. The van der Waals surface area contributed by atoms with Crippen molar-refractivity contribution in [1.29, 1.82) is 0 Å². The number of aryl methyl sites for hydroxylation is 2. The number of benzene rings is 1. The Labute approximate surface area is 170 Å². The van der Waals surface area contributed by atoms with Gasteiger partial charge in [-0.25, -0.2) is 13.9 Å². The minimum atomic E-state index is -0.570. The number of hydrogen-bond acceptors (Lipinski definition) is 3. The summed E-state index contributed by atoms with van der Waals surface area (Å²) in [7, 11) is 1.71. The van der Waals surface area contributed by atoms with Gasteiger partial charge in [-0.3, -0.25) is 14.6 Å². The minimum Gasteiger partial charge on any atom is -0.270 e. The van der Waals surface area contributed by atoms with Crippen LogP contribution >= 0.6 is 0 Å². The van der Waals surface area contributed by atoms with Crippen LogP contribution in [-0.2, 0) is 11.3 Å². The van der Waals surface area contributed by atoms with Gasteiger partial charge in [0.25, 0.3) is 5.91 Å². The second-order valence-electron chi connectivity index (χ2n) is 8.41. The summed E-state index contributed by atoms with van der Waals surface area (Å²) >= 11 is 0. The lowest BCUT2D eigenvalue weighted by Crippen LogP contribution is -2.62. The van der Waals surface area contributed by atoms with E-state index in [1.807, 2.05) is 42.0 Å². The van der Waals surface area contributed by atoms with Gasteiger partial charge < -0.3 is 0 Å². The van der Waals surface area contributed by atoms with Crippen LogP contribution in [0, 0.1) is 13.8 Å². The van der Waals surface area contributed by atoms with Crippen molar-refractivity contribution in [2.45, 2.75) is 58.2 Å². The molecule has 0 radical (unpaired) electrons. The van der Waals surface area contributed by atoms with E-state index in [-0.39, 0.29) is 18.5 Å². The molecule has 3 amide bonds. The van der Waals surface area contributed by atoms with Gasteiger partial charge >= 0.3 is 12.0 Å². The van der Waals surface area contributed by atoms with Crippen molar-refractivity contribution in [2.75, 3.05) is 7.05 Å². The summed E-state index contributed by atoms with van der Waals surface area (Å²) in [5.41, 5.74) is 3.17. The summed E-state index contributed by atoms with van der Waals surface area (Å²) in [5, 5.41) is 0. The Hall–Kier alpha value is -2.96. The van der Waals surface area contributed by atoms with Gasteiger partial charge in [0.15, 0.2) is 0 Å². The second kappa shape index (κ2) is 6.54. The van der Waals surface area contributed by atoms with Crippen LogP contribution in [0.5, 0.6) is 0 Å². The largest absolute Gasteiger partial charge is 0.402 e. The van der Waals surface area contributed by atoms with Crippen LogP contribution in [0.25, 0.3) is 0 Å². The molecular formula is C22H26N5O2+. The lowest BCUT2D eigenvalue weighted by molar-refractivity contribution is -0.677. The van der Waals surface area contributed by atoms with E-state index in [2.05, 4.69) is 11.5 Å². The van der Waals surface area contributed by atoms with E-state index < -0.39 is 6.04 Å². The Morgan fingerprint density at radius 3 is 2.66 bits per heavy atom. The van der Waals surface area contributed by atoms with E-state index in [4.69, 9.17) is 4.99 Å². The summed E-state index contributed by atoms with van der Waals surface area (Å²) in [5.74, 6) is 1.11. The summed E-state index contributed by atoms with van der Waals surface area (Å²) in [4.78, 5) is 34.1. The van der Waals surface area contributed by atoms with Gasteiger partial charge in [-0.2, -0.15) is 0 Å². The molecule has 5 rings (SSSR count). The number of rotatable bonds is 3. The van der Waals surface area contributed by atoms with Crippen molar-refractivity contribution in [2.24, 2.45) is 4.99 Å². The molecule has 1 aliphatic carbocycles. The van der Waals surface area contributed by atoms with Crippen molar-refractivity contribution in [3.8, 4) is 0 Å². The maximum absolute atomic E-state index is 13.4. The van der Waals surface area contributed by atoms with Crippen LogP contribution in [0.2, 0.25) is 0 Å². The predicted molar refractivity (Wildman–Crippen MR) is 108 cm³/mol. The SMILES string of the molecule is Cc1cccc(CN2C(=O)C3C(=Nc4n(C5CCCC5)c(C)c[n+]43)N(C)C2=O)c1. The number of likely N-dealkylation sites (N-methyl/N-ethyl adjacent to an activating group) is 1. The molecule has 7 nitrogen and oxygen atoms in total. The van der Waals surface area contributed by atoms with E-state index >= 15 is 0 Å². The first-order chi connectivity index (χ1) is 14.0. The number of imidazole rings is 1. The number of carbonyl (C=O) groups is 2. The first-order valence-electron chi connectivity index (χ1n) is 10.3. The van der Waals surface area contributed by atoms with Crippen molar-refractivity contribution >= 4 is 23.7 Å². The van der Waals surface area contributed by atoms with Crippen LogP contribution in [0.3, 0.4) is 0 Å². The molecule has 1 unspecified atom stereocenters. The Morgan fingerprint density at radius 2 is 1.93 bits per heavy atom. The van der Waals surface area contributed by atoms with Gasteiger partial charge in [0.05, 0.1) is 12.6 Å². The first kappa shape index (κ1) is 18.1. The number of hydrogen-bond donors (Lipinski definition) is 0. The third-order valence-corrected chi connectivity index (χ3v) is 6.36. The van der Waals surface area contributed by atoms with Gasteiger partial charge in [0.2, 0.25) is 11.9 Å². The van der Waals surface area contributed by atoms with Crippen LogP contribution < -0.4 is 4.57 Å². The van der Waals surface area contributed by atoms with Gasteiger partial charge in [0, 0.05) is 7.05 Å². The van der Waals surface area contributed by atoms with E-state index in [0.29, 0.717) is 11.9 Å². The maximum atomic E-state index is 13.4. The number of aromatic nitrogens is 2. The molecule has 3 heterocycles. The summed E-state index contributed by atoms with van der Waals surface area (Å²) < 4.78 is 4.21. The Morgan fingerprint density at radius 1 is 1.17 bits per heavy atom. The lowest BCUT2D eigenvalue weighted by atomic mass is 10.1. The highest BCUT2D eigenvalue weighted by Gasteiger charge is 2.53. The standard InChI is InChI=1S/C22H26N5O2/c1-14-7-6-8-16(11-14)13-26-20(28)18-19(24(3)22(26)29)23-21-25(18)12-15(2)27(21)17-9-4-5-10-17/h6-8,11-12,17-18H,4-5,9-10,13H2,1-3H3/q+1. The zero-order valence-electron chi connectivity index (χ0n) is 17.1. The van der Waals surface area contributed by atoms with E-state index in [0.717, 1.165) is 35.6 Å². The number of aliphatic imine (C=N–C) groups is 1. The Kier molecular flexibility index (Phi) is 4.08. The number of urea groups is 1. The molecule has 1 saturated carbocycles. The fourth-order valence-corrected chi connectivity index (χ4v) is 4.95. The number of nitrogens with zero attached hydrogens (tertiary/aromatic N) is 5. The number of amides is 3. The highest BCUT2D eigenvalue weighted by atomic mass is 16.2. The first-order valence-corrected chi connectivity index (χ1v) is 10.3. The maximum Gasteiger partial charge on any atom is 0.402 e. The summed E-state index contributed by atoms with van der Waals surface area (Å²) in [6.45, 7) is 4.35.